The minimum atomic E-state index is 0.754. The van der Waals surface area contributed by atoms with Crippen LogP contribution >= 0.6 is 11.3 Å². The number of aryl methyl sites for hydroxylation is 1. The molecule has 5 heteroatoms. The molecule has 0 saturated carbocycles. The SMILES string of the molecule is Cn1cc(-c2csc(-c3ccccc3N)n2)cn1. The highest BCUT2D eigenvalue weighted by molar-refractivity contribution is 7.13. The van der Waals surface area contributed by atoms with Crippen LogP contribution in [-0.4, -0.2) is 14.8 Å². The Morgan fingerprint density at radius 3 is 2.83 bits per heavy atom. The number of hydrogen-bond donors (Lipinski definition) is 1. The minimum absolute atomic E-state index is 0.754. The van der Waals surface area contributed by atoms with Gasteiger partial charge in [0, 0.05) is 35.4 Å². The highest BCUT2D eigenvalue weighted by Crippen LogP contribution is 2.31. The number of hydrogen-bond acceptors (Lipinski definition) is 4. The Morgan fingerprint density at radius 2 is 2.11 bits per heavy atom. The number of para-hydroxylation sites is 1. The monoisotopic (exact) mass is 256 g/mol. The molecular formula is C13H12N4S. The minimum Gasteiger partial charge on any atom is -0.398 e. The Morgan fingerprint density at radius 1 is 1.28 bits per heavy atom. The quantitative estimate of drug-likeness (QED) is 0.717. The highest BCUT2D eigenvalue weighted by atomic mass is 32.1. The number of anilines is 1. The molecule has 0 saturated heterocycles. The van der Waals surface area contributed by atoms with E-state index in [1.807, 2.05) is 49.1 Å². The zero-order valence-electron chi connectivity index (χ0n) is 9.87. The summed E-state index contributed by atoms with van der Waals surface area (Å²) in [6.07, 6.45) is 3.76. The molecule has 0 fully saturated rings. The van der Waals surface area contributed by atoms with E-state index < -0.39 is 0 Å². The summed E-state index contributed by atoms with van der Waals surface area (Å²) in [5.74, 6) is 0. The summed E-state index contributed by atoms with van der Waals surface area (Å²) in [6, 6.07) is 7.77. The average Bonchev–Trinajstić information content (AvgIpc) is 2.98. The lowest BCUT2D eigenvalue weighted by Gasteiger charge is -1.99. The van der Waals surface area contributed by atoms with Gasteiger partial charge < -0.3 is 5.73 Å². The normalized spacial score (nSPS) is 10.7. The second-order valence-corrected chi connectivity index (χ2v) is 4.89. The van der Waals surface area contributed by atoms with E-state index in [4.69, 9.17) is 5.73 Å². The summed E-state index contributed by atoms with van der Waals surface area (Å²) in [5, 5.41) is 7.11. The molecule has 2 N–H and O–H groups in total. The number of rotatable bonds is 2. The molecule has 1 aromatic carbocycles. The van der Waals surface area contributed by atoms with E-state index in [0.29, 0.717) is 0 Å². The number of nitrogens with zero attached hydrogens (tertiary/aromatic N) is 3. The van der Waals surface area contributed by atoms with Gasteiger partial charge in [0.05, 0.1) is 11.9 Å². The molecule has 0 aliphatic rings. The van der Waals surface area contributed by atoms with Crippen molar-refractivity contribution in [2.75, 3.05) is 5.73 Å². The molecule has 0 aliphatic carbocycles. The van der Waals surface area contributed by atoms with Crippen LogP contribution in [0.3, 0.4) is 0 Å². The van der Waals surface area contributed by atoms with Crippen LogP contribution in [-0.2, 0) is 7.05 Å². The molecule has 0 unspecified atom stereocenters. The smallest absolute Gasteiger partial charge is 0.126 e. The number of thiazole rings is 1. The molecule has 2 heterocycles. The van der Waals surface area contributed by atoms with E-state index in [1.54, 1.807) is 16.0 Å². The Balaban J connectivity index is 2.02. The van der Waals surface area contributed by atoms with Crippen LogP contribution in [0.1, 0.15) is 0 Å². The average molecular weight is 256 g/mol. The molecule has 18 heavy (non-hydrogen) atoms. The molecule has 0 atom stereocenters. The molecule has 0 amide bonds. The van der Waals surface area contributed by atoms with E-state index in [0.717, 1.165) is 27.5 Å². The topological polar surface area (TPSA) is 56.7 Å². The molecule has 3 rings (SSSR count). The van der Waals surface area contributed by atoms with Crippen molar-refractivity contribution < 1.29 is 0 Å². The molecule has 0 aliphatic heterocycles. The predicted octanol–water partition coefficient (Wildman–Crippen LogP) is 2.79. The maximum absolute atomic E-state index is 5.95. The van der Waals surface area contributed by atoms with Gasteiger partial charge >= 0.3 is 0 Å². The molecule has 0 spiro atoms. The fourth-order valence-electron chi connectivity index (χ4n) is 1.78. The molecule has 0 radical (unpaired) electrons. The van der Waals surface area contributed by atoms with E-state index in [1.165, 1.54) is 0 Å². The molecule has 90 valence electrons. The third-order valence-electron chi connectivity index (χ3n) is 2.70. The fourth-order valence-corrected chi connectivity index (χ4v) is 2.65. The van der Waals surface area contributed by atoms with E-state index in [2.05, 4.69) is 10.1 Å². The van der Waals surface area contributed by atoms with Gasteiger partial charge in [-0.1, -0.05) is 12.1 Å². The van der Waals surface area contributed by atoms with Crippen LogP contribution < -0.4 is 5.73 Å². The first-order valence-electron chi connectivity index (χ1n) is 5.53. The van der Waals surface area contributed by atoms with Gasteiger partial charge in [-0.3, -0.25) is 4.68 Å². The van der Waals surface area contributed by atoms with E-state index in [-0.39, 0.29) is 0 Å². The summed E-state index contributed by atoms with van der Waals surface area (Å²) in [5.41, 5.74) is 9.65. The summed E-state index contributed by atoms with van der Waals surface area (Å²) in [6.45, 7) is 0. The maximum Gasteiger partial charge on any atom is 0.126 e. The number of aromatic nitrogens is 3. The van der Waals surface area contributed by atoms with Crippen LogP contribution in [0.25, 0.3) is 21.8 Å². The first-order valence-corrected chi connectivity index (χ1v) is 6.41. The van der Waals surface area contributed by atoms with Gasteiger partial charge in [-0.15, -0.1) is 11.3 Å². The van der Waals surface area contributed by atoms with Crippen molar-refractivity contribution in [3.05, 3.63) is 42.0 Å². The number of nitrogen functional groups attached to an aromatic ring is 1. The maximum atomic E-state index is 5.95. The fraction of sp³-hybridized carbons (Fsp3) is 0.0769. The van der Waals surface area contributed by atoms with Crippen molar-refractivity contribution in [3.63, 3.8) is 0 Å². The Kier molecular flexibility index (Phi) is 2.60. The van der Waals surface area contributed by atoms with E-state index >= 15 is 0 Å². The van der Waals surface area contributed by atoms with Gasteiger partial charge in [-0.25, -0.2) is 4.98 Å². The second-order valence-electron chi connectivity index (χ2n) is 4.03. The van der Waals surface area contributed by atoms with E-state index in [9.17, 15) is 0 Å². The third-order valence-corrected chi connectivity index (χ3v) is 3.57. The lowest BCUT2D eigenvalue weighted by molar-refractivity contribution is 0.768. The number of nitrogens with two attached hydrogens (primary N) is 1. The summed E-state index contributed by atoms with van der Waals surface area (Å²) in [4.78, 5) is 4.61. The van der Waals surface area contributed by atoms with Crippen LogP contribution in [0.5, 0.6) is 0 Å². The molecule has 4 nitrogen and oxygen atoms in total. The van der Waals surface area contributed by atoms with Crippen molar-refractivity contribution in [1.29, 1.82) is 0 Å². The summed E-state index contributed by atoms with van der Waals surface area (Å²) >= 11 is 1.59. The summed E-state index contributed by atoms with van der Waals surface area (Å²) in [7, 11) is 1.89. The Bertz CT molecular complexity index is 684. The van der Waals surface area contributed by atoms with Crippen molar-refractivity contribution in [2.24, 2.45) is 7.05 Å². The molecular weight excluding hydrogens is 244 g/mol. The largest absolute Gasteiger partial charge is 0.398 e. The zero-order valence-corrected chi connectivity index (χ0v) is 10.7. The molecule has 0 bridgehead atoms. The Hall–Kier alpha value is -2.14. The van der Waals surface area contributed by atoms with Crippen molar-refractivity contribution in [2.45, 2.75) is 0 Å². The van der Waals surface area contributed by atoms with Crippen molar-refractivity contribution in [1.82, 2.24) is 14.8 Å². The second kappa shape index (κ2) is 4.27. The molecule has 3 aromatic rings. The lowest BCUT2D eigenvalue weighted by Crippen LogP contribution is -1.88. The third kappa shape index (κ3) is 1.89. The van der Waals surface area contributed by atoms with Crippen molar-refractivity contribution >= 4 is 17.0 Å². The zero-order chi connectivity index (χ0) is 12.5. The van der Waals surface area contributed by atoms with Gasteiger partial charge in [0.25, 0.3) is 0 Å². The molecule has 2 aromatic heterocycles. The lowest BCUT2D eigenvalue weighted by atomic mass is 10.2. The first-order chi connectivity index (χ1) is 8.74. The van der Waals surface area contributed by atoms with Gasteiger partial charge in [-0.2, -0.15) is 5.10 Å². The van der Waals surface area contributed by atoms with Gasteiger partial charge in [-0.05, 0) is 12.1 Å². The van der Waals surface area contributed by atoms with Crippen LogP contribution in [0.15, 0.2) is 42.0 Å². The van der Waals surface area contributed by atoms with Crippen LogP contribution in [0.4, 0.5) is 5.69 Å². The first kappa shape index (κ1) is 11.0. The van der Waals surface area contributed by atoms with Gasteiger partial charge in [0.1, 0.15) is 5.01 Å². The standard InChI is InChI=1S/C13H12N4S/c1-17-7-9(6-15-17)12-8-18-13(16-12)10-4-2-3-5-11(10)14/h2-8H,14H2,1H3. The number of benzene rings is 1. The highest BCUT2D eigenvalue weighted by Gasteiger charge is 2.09. The van der Waals surface area contributed by atoms with Gasteiger partial charge in [0.2, 0.25) is 0 Å². The van der Waals surface area contributed by atoms with Crippen molar-refractivity contribution in [3.8, 4) is 21.8 Å². The van der Waals surface area contributed by atoms with Gasteiger partial charge in [0.15, 0.2) is 0 Å². The summed E-state index contributed by atoms with van der Waals surface area (Å²) < 4.78 is 1.77. The van der Waals surface area contributed by atoms with Crippen LogP contribution in [0, 0.1) is 0 Å². The predicted molar refractivity (Wildman–Crippen MR) is 74.2 cm³/mol. The Labute approximate surface area is 109 Å². The van der Waals surface area contributed by atoms with Crippen LogP contribution in [0.2, 0.25) is 0 Å².